The molecule has 4 nitrogen and oxygen atoms in total. The first kappa shape index (κ1) is 12.9. The van der Waals surface area contributed by atoms with Crippen molar-refractivity contribution < 1.29 is 0 Å². The van der Waals surface area contributed by atoms with Crippen molar-refractivity contribution >= 4 is 17.2 Å². The van der Waals surface area contributed by atoms with E-state index in [9.17, 15) is 4.79 Å². The van der Waals surface area contributed by atoms with Gasteiger partial charge < -0.3 is 0 Å². The quantitative estimate of drug-likeness (QED) is 0.787. The molecule has 0 aliphatic heterocycles. The summed E-state index contributed by atoms with van der Waals surface area (Å²) in [4.78, 5) is 16.5. The molecule has 2 heterocycles. The van der Waals surface area contributed by atoms with E-state index in [1.165, 1.54) is 10.6 Å². The van der Waals surface area contributed by atoms with E-state index >= 15 is 0 Å². The summed E-state index contributed by atoms with van der Waals surface area (Å²) in [7, 11) is 0. The highest BCUT2D eigenvalue weighted by Crippen LogP contribution is 2.28. The molecule has 0 spiro atoms. The lowest BCUT2D eigenvalue weighted by Gasteiger charge is -2.02. The minimum Gasteiger partial charge on any atom is -0.293 e. The van der Waals surface area contributed by atoms with Crippen molar-refractivity contribution in [2.45, 2.75) is 20.3 Å². The number of hydrogen-bond donors (Lipinski definition) is 1. The molecule has 0 aliphatic rings. The maximum Gasteiger partial charge on any atom is 0.272 e. The van der Waals surface area contributed by atoms with Gasteiger partial charge in [0.05, 0.1) is 0 Å². The molecule has 0 bridgehead atoms. The molecule has 0 saturated heterocycles. The zero-order valence-electron chi connectivity index (χ0n) is 11.3. The minimum atomic E-state index is -0.0950. The van der Waals surface area contributed by atoms with Gasteiger partial charge in [-0.25, -0.2) is 9.50 Å². The molecule has 1 N–H and O–H groups in total. The number of nitrogens with one attached hydrogen (secondary N) is 1. The smallest absolute Gasteiger partial charge is 0.272 e. The highest BCUT2D eigenvalue weighted by molar-refractivity contribution is 6.30. The van der Waals surface area contributed by atoms with E-state index in [1.54, 1.807) is 0 Å². The molecule has 0 amide bonds. The zero-order valence-corrected chi connectivity index (χ0v) is 12.0. The van der Waals surface area contributed by atoms with Crippen molar-refractivity contribution in [3.05, 3.63) is 57.1 Å². The summed E-state index contributed by atoms with van der Waals surface area (Å²) in [6.07, 6.45) is 0.791. The Labute approximate surface area is 121 Å². The Kier molecular flexibility index (Phi) is 3.10. The zero-order chi connectivity index (χ0) is 14.3. The van der Waals surface area contributed by atoms with Crippen LogP contribution in [0.15, 0.2) is 35.1 Å². The standard InChI is InChI=1S/C15H14ClN3O/c1-3-12-14(10-4-6-11(16)7-5-10)15-17-9(2)8-13(20)19(15)18-12/h4-8,18H,3H2,1-2H3. The fourth-order valence-corrected chi connectivity index (χ4v) is 2.50. The monoisotopic (exact) mass is 287 g/mol. The molecule has 1 aromatic carbocycles. The van der Waals surface area contributed by atoms with Gasteiger partial charge >= 0.3 is 0 Å². The van der Waals surface area contributed by atoms with E-state index in [1.807, 2.05) is 38.1 Å². The van der Waals surface area contributed by atoms with Crippen LogP contribution in [0.4, 0.5) is 0 Å². The first-order valence-corrected chi connectivity index (χ1v) is 6.85. The van der Waals surface area contributed by atoms with Crippen LogP contribution in [0.1, 0.15) is 18.3 Å². The highest BCUT2D eigenvalue weighted by Gasteiger charge is 2.15. The summed E-state index contributed by atoms with van der Waals surface area (Å²) in [6, 6.07) is 9.09. The maximum atomic E-state index is 12.0. The second-order valence-corrected chi connectivity index (χ2v) is 5.16. The molecule has 20 heavy (non-hydrogen) atoms. The van der Waals surface area contributed by atoms with Gasteiger partial charge in [0.2, 0.25) is 0 Å². The lowest BCUT2D eigenvalue weighted by Crippen LogP contribution is -2.14. The predicted octanol–water partition coefficient (Wildman–Crippen LogP) is 3.21. The van der Waals surface area contributed by atoms with E-state index in [0.29, 0.717) is 16.4 Å². The van der Waals surface area contributed by atoms with Crippen LogP contribution in [-0.4, -0.2) is 14.6 Å². The van der Waals surface area contributed by atoms with Gasteiger partial charge in [-0.05, 0) is 31.0 Å². The number of aryl methyl sites for hydroxylation is 2. The third-order valence-electron chi connectivity index (χ3n) is 3.31. The fourth-order valence-electron chi connectivity index (χ4n) is 2.37. The van der Waals surface area contributed by atoms with Crippen LogP contribution in [-0.2, 0) is 6.42 Å². The van der Waals surface area contributed by atoms with E-state index in [0.717, 1.165) is 23.2 Å². The molecule has 0 aliphatic carbocycles. The Hall–Kier alpha value is -2.07. The number of benzene rings is 1. The van der Waals surface area contributed by atoms with Gasteiger partial charge in [0, 0.05) is 28.0 Å². The van der Waals surface area contributed by atoms with Crippen molar-refractivity contribution in [3.8, 4) is 11.1 Å². The molecule has 3 rings (SSSR count). The van der Waals surface area contributed by atoms with Crippen molar-refractivity contribution in [2.75, 3.05) is 0 Å². The molecule has 0 radical (unpaired) electrons. The second kappa shape index (κ2) is 4.80. The number of aromatic amines is 1. The van der Waals surface area contributed by atoms with Crippen LogP contribution >= 0.6 is 11.6 Å². The Bertz CT molecular complexity index is 831. The van der Waals surface area contributed by atoms with Gasteiger partial charge in [0.1, 0.15) is 0 Å². The van der Waals surface area contributed by atoms with Crippen LogP contribution in [0, 0.1) is 6.92 Å². The Balaban J connectivity index is 2.38. The van der Waals surface area contributed by atoms with Crippen molar-refractivity contribution in [3.63, 3.8) is 0 Å². The largest absolute Gasteiger partial charge is 0.293 e. The third kappa shape index (κ3) is 2.02. The number of halogens is 1. The highest BCUT2D eigenvalue weighted by atomic mass is 35.5. The van der Waals surface area contributed by atoms with Gasteiger partial charge in [-0.3, -0.25) is 9.89 Å². The van der Waals surface area contributed by atoms with Crippen molar-refractivity contribution in [2.24, 2.45) is 0 Å². The van der Waals surface area contributed by atoms with E-state index in [2.05, 4.69) is 10.1 Å². The van der Waals surface area contributed by atoms with E-state index in [-0.39, 0.29) is 5.56 Å². The first-order chi connectivity index (χ1) is 9.60. The summed E-state index contributed by atoms with van der Waals surface area (Å²) >= 11 is 5.94. The predicted molar refractivity (Wildman–Crippen MR) is 80.4 cm³/mol. The van der Waals surface area contributed by atoms with Gasteiger partial charge in [-0.1, -0.05) is 30.7 Å². The SMILES string of the molecule is CCc1[nH]n2c(=O)cc(C)nc2c1-c1ccc(Cl)cc1. The Morgan fingerprint density at radius 3 is 2.65 bits per heavy atom. The normalized spacial score (nSPS) is 11.2. The summed E-state index contributed by atoms with van der Waals surface area (Å²) in [5.41, 5.74) is 4.23. The molecule has 0 atom stereocenters. The van der Waals surface area contributed by atoms with Crippen LogP contribution in [0.25, 0.3) is 16.8 Å². The maximum absolute atomic E-state index is 12.0. The molecule has 0 fully saturated rings. The number of hydrogen-bond acceptors (Lipinski definition) is 2. The van der Waals surface area contributed by atoms with E-state index < -0.39 is 0 Å². The average Bonchev–Trinajstić information content (AvgIpc) is 2.78. The molecular weight excluding hydrogens is 274 g/mol. The molecule has 2 aromatic heterocycles. The molecule has 3 aromatic rings. The molecule has 0 unspecified atom stereocenters. The molecule has 0 saturated carbocycles. The number of rotatable bonds is 2. The van der Waals surface area contributed by atoms with Crippen LogP contribution in [0.2, 0.25) is 5.02 Å². The Morgan fingerprint density at radius 2 is 2.00 bits per heavy atom. The van der Waals surface area contributed by atoms with Gasteiger partial charge in [-0.2, -0.15) is 0 Å². The fraction of sp³-hybridized carbons (Fsp3) is 0.200. The first-order valence-electron chi connectivity index (χ1n) is 6.47. The van der Waals surface area contributed by atoms with Crippen molar-refractivity contribution in [1.29, 1.82) is 0 Å². The number of nitrogens with zero attached hydrogens (tertiary/aromatic N) is 2. The average molecular weight is 288 g/mol. The van der Waals surface area contributed by atoms with Crippen LogP contribution < -0.4 is 5.56 Å². The number of H-pyrrole nitrogens is 1. The van der Waals surface area contributed by atoms with E-state index in [4.69, 9.17) is 11.6 Å². The Morgan fingerprint density at radius 1 is 1.30 bits per heavy atom. The van der Waals surface area contributed by atoms with Crippen molar-refractivity contribution in [1.82, 2.24) is 14.6 Å². The second-order valence-electron chi connectivity index (χ2n) is 4.72. The minimum absolute atomic E-state index is 0.0950. The topological polar surface area (TPSA) is 50.2 Å². The summed E-state index contributed by atoms with van der Waals surface area (Å²) in [6.45, 7) is 3.87. The third-order valence-corrected chi connectivity index (χ3v) is 3.56. The lowest BCUT2D eigenvalue weighted by molar-refractivity contribution is 0.852. The number of aromatic nitrogens is 3. The summed E-state index contributed by atoms with van der Waals surface area (Å²) < 4.78 is 1.50. The van der Waals surface area contributed by atoms with Gasteiger partial charge in [0.25, 0.3) is 5.56 Å². The summed E-state index contributed by atoms with van der Waals surface area (Å²) in [5, 5.41) is 3.82. The number of fused-ring (bicyclic) bond motifs is 1. The molecule has 102 valence electrons. The lowest BCUT2D eigenvalue weighted by atomic mass is 10.0. The van der Waals surface area contributed by atoms with Gasteiger partial charge in [0.15, 0.2) is 5.65 Å². The van der Waals surface area contributed by atoms with Crippen LogP contribution in [0.5, 0.6) is 0 Å². The van der Waals surface area contributed by atoms with Crippen LogP contribution in [0.3, 0.4) is 0 Å². The molecular formula is C15H14ClN3O. The molecule has 5 heteroatoms. The summed E-state index contributed by atoms with van der Waals surface area (Å²) in [5.74, 6) is 0. The van der Waals surface area contributed by atoms with Gasteiger partial charge in [-0.15, -0.1) is 0 Å².